The molecule has 0 spiro atoms. The van der Waals surface area contributed by atoms with E-state index in [4.69, 9.17) is 4.84 Å². The number of pyridine rings is 1. The van der Waals surface area contributed by atoms with Crippen molar-refractivity contribution in [2.24, 2.45) is 0 Å². The quantitative estimate of drug-likeness (QED) is 0.337. The van der Waals surface area contributed by atoms with Gasteiger partial charge in [0.1, 0.15) is 18.0 Å². The zero-order chi connectivity index (χ0) is 17.8. The standard InChI is InChI=1S/C17H16FIN4O2/c1-2-7-25-22-17(24)13-5-4-12-9-20-10-23(12)16(13)21-15-6-3-11(19)8-14(15)18/h3-6,8-10,21H,2,7H2,1H3,(H,22,24). The number of carbonyl (C=O) groups excluding carboxylic acids is 1. The van der Waals surface area contributed by atoms with Gasteiger partial charge in [-0.1, -0.05) is 6.92 Å². The summed E-state index contributed by atoms with van der Waals surface area (Å²) >= 11 is 2.04. The minimum atomic E-state index is -0.419. The smallest absolute Gasteiger partial charge is 0.278 e. The fraction of sp³-hybridized carbons (Fsp3) is 0.176. The molecule has 0 aliphatic rings. The number of rotatable bonds is 6. The van der Waals surface area contributed by atoms with Gasteiger partial charge in [0.05, 0.1) is 29.6 Å². The van der Waals surface area contributed by atoms with E-state index in [1.54, 1.807) is 41.2 Å². The highest BCUT2D eigenvalue weighted by atomic mass is 127. The van der Waals surface area contributed by atoms with Gasteiger partial charge >= 0.3 is 0 Å². The van der Waals surface area contributed by atoms with Crippen molar-refractivity contribution >= 4 is 45.5 Å². The van der Waals surface area contributed by atoms with Gasteiger partial charge in [0, 0.05) is 3.57 Å². The molecule has 0 unspecified atom stereocenters. The molecule has 0 atom stereocenters. The molecular weight excluding hydrogens is 438 g/mol. The van der Waals surface area contributed by atoms with Gasteiger partial charge in [-0.25, -0.2) is 14.9 Å². The molecule has 0 radical (unpaired) electrons. The van der Waals surface area contributed by atoms with Crippen LogP contribution in [0.25, 0.3) is 5.52 Å². The maximum absolute atomic E-state index is 14.2. The largest absolute Gasteiger partial charge is 0.338 e. The number of halogens is 2. The third-order valence-corrected chi connectivity index (χ3v) is 4.15. The van der Waals surface area contributed by atoms with Gasteiger partial charge in [0.15, 0.2) is 0 Å². The van der Waals surface area contributed by atoms with Gasteiger partial charge in [0.25, 0.3) is 5.91 Å². The highest BCUT2D eigenvalue weighted by Gasteiger charge is 2.16. The van der Waals surface area contributed by atoms with Gasteiger partial charge in [-0.05, 0) is 59.3 Å². The van der Waals surface area contributed by atoms with Crippen molar-refractivity contribution in [2.45, 2.75) is 13.3 Å². The molecule has 2 aromatic heterocycles. The summed E-state index contributed by atoms with van der Waals surface area (Å²) in [5.41, 5.74) is 3.76. The van der Waals surface area contributed by atoms with E-state index in [2.05, 4.69) is 15.8 Å². The number of aromatic nitrogens is 2. The molecule has 0 saturated heterocycles. The molecule has 0 aliphatic carbocycles. The Balaban J connectivity index is 2.00. The number of anilines is 2. The zero-order valence-corrected chi connectivity index (χ0v) is 15.6. The van der Waals surface area contributed by atoms with Crippen LogP contribution < -0.4 is 10.8 Å². The number of imidazole rings is 1. The fourth-order valence-electron chi connectivity index (χ4n) is 2.30. The second-order valence-corrected chi connectivity index (χ2v) is 6.56. The molecule has 6 nitrogen and oxygen atoms in total. The topological polar surface area (TPSA) is 67.7 Å². The van der Waals surface area contributed by atoms with E-state index in [-0.39, 0.29) is 5.69 Å². The first-order valence-corrected chi connectivity index (χ1v) is 8.77. The predicted octanol–water partition coefficient (Wildman–Crippen LogP) is 3.89. The highest BCUT2D eigenvalue weighted by Crippen LogP contribution is 2.25. The van der Waals surface area contributed by atoms with Crippen molar-refractivity contribution in [3.63, 3.8) is 0 Å². The van der Waals surface area contributed by atoms with Crippen LogP contribution in [0.5, 0.6) is 0 Å². The maximum atomic E-state index is 14.2. The number of carbonyl (C=O) groups is 1. The van der Waals surface area contributed by atoms with Crippen molar-refractivity contribution in [1.29, 1.82) is 0 Å². The van der Waals surface area contributed by atoms with Crippen LogP contribution in [0.15, 0.2) is 42.9 Å². The first-order valence-electron chi connectivity index (χ1n) is 7.69. The molecule has 3 rings (SSSR count). The van der Waals surface area contributed by atoms with Crippen LogP contribution in [0, 0.1) is 9.39 Å². The molecule has 2 heterocycles. The number of benzene rings is 1. The normalized spacial score (nSPS) is 10.8. The van der Waals surface area contributed by atoms with E-state index in [0.29, 0.717) is 18.0 Å². The highest BCUT2D eigenvalue weighted by molar-refractivity contribution is 14.1. The molecule has 2 N–H and O–H groups in total. The monoisotopic (exact) mass is 454 g/mol. The van der Waals surface area contributed by atoms with Crippen molar-refractivity contribution in [3.05, 3.63) is 57.8 Å². The van der Waals surface area contributed by atoms with Crippen LogP contribution in [0.2, 0.25) is 0 Å². The summed E-state index contributed by atoms with van der Waals surface area (Å²) in [6.07, 6.45) is 4.00. The molecule has 0 bridgehead atoms. The lowest BCUT2D eigenvalue weighted by atomic mass is 10.2. The summed E-state index contributed by atoms with van der Waals surface area (Å²) in [5, 5.41) is 3.00. The number of hydroxylamine groups is 1. The number of nitrogens with one attached hydrogen (secondary N) is 2. The summed E-state index contributed by atoms with van der Waals surface area (Å²) in [6, 6.07) is 8.24. The van der Waals surface area contributed by atoms with Gasteiger partial charge in [-0.15, -0.1) is 0 Å². The molecular formula is C17H16FIN4O2. The van der Waals surface area contributed by atoms with Crippen molar-refractivity contribution in [3.8, 4) is 0 Å². The minimum absolute atomic E-state index is 0.269. The van der Waals surface area contributed by atoms with Crippen molar-refractivity contribution < 1.29 is 14.0 Å². The zero-order valence-electron chi connectivity index (χ0n) is 13.4. The Hall–Kier alpha value is -2.20. The van der Waals surface area contributed by atoms with E-state index in [9.17, 15) is 9.18 Å². The number of hydrogen-bond acceptors (Lipinski definition) is 4. The lowest BCUT2D eigenvalue weighted by molar-refractivity contribution is 0.0315. The Labute approximate surface area is 157 Å². The van der Waals surface area contributed by atoms with Crippen LogP contribution in [0.3, 0.4) is 0 Å². The molecule has 0 saturated carbocycles. The molecule has 25 heavy (non-hydrogen) atoms. The summed E-state index contributed by atoms with van der Waals surface area (Å²) in [4.78, 5) is 21.6. The molecule has 1 aromatic carbocycles. The summed E-state index contributed by atoms with van der Waals surface area (Å²) in [5.74, 6) is -0.414. The van der Waals surface area contributed by atoms with Gasteiger partial charge in [0.2, 0.25) is 0 Å². The SMILES string of the molecule is CCCONC(=O)c1ccc2cncn2c1Nc1ccc(I)cc1F. The number of hydrogen-bond donors (Lipinski definition) is 2. The maximum Gasteiger partial charge on any atom is 0.278 e. The number of fused-ring (bicyclic) bond motifs is 1. The second kappa shape index (κ2) is 7.79. The van der Waals surface area contributed by atoms with E-state index < -0.39 is 11.7 Å². The Morgan fingerprint density at radius 3 is 2.96 bits per heavy atom. The molecule has 0 aliphatic heterocycles. The van der Waals surface area contributed by atoms with Crippen LogP contribution in [-0.2, 0) is 4.84 Å². The van der Waals surface area contributed by atoms with E-state index in [1.807, 2.05) is 29.5 Å². The number of amides is 1. The third kappa shape index (κ3) is 3.90. The Bertz CT molecular complexity index is 913. The van der Waals surface area contributed by atoms with Gasteiger partial charge < -0.3 is 5.32 Å². The van der Waals surface area contributed by atoms with Gasteiger partial charge in [-0.3, -0.25) is 14.0 Å². The summed E-state index contributed by atoms with van der Waals surface area (Å²) in [7, 11) is 0. The Kier molecular flexibility index (Phi) is 5.49. The van der Waals surface area contributed by atoms with Gasteiger partial charge in [-0.2, -0.15) is 0 Å². The van der Waals surface area contributed by atoms with E-state index in [1.165, 1.54) is 6.07 Å². The molecule has 8 heteroatoms. The first kappa shape index (κ1) is 17.6. The second-order valence-electron chi connectivity index (χ2n) is 5.31. The average molecular weight is 454 g/mol. The van der Waals surface area contributed by atoms with Crippen LogP contribution in [-0.4, -0.2) is 21.9 Å². The lowest BCUT2D eigenvalue weighted by Gasteiger charge is -2.15. The lowest BCUT2D eigenvalue weighted by Crippen LogP contribution is -2.25. The predicted molar refractivity (Wildman–Crippen MR) is 101 cm³/mol. The van der Waals surface area contributed by atoms with E-state index >= 15 is 0 Å². The van der Waals surface area contributed by atoms with E-state index in [0.717, 1.165) is 15.5 Å². The molecule has 1 amide bonds. The fourth-order valence-corrected chi connectivity index (χ4v) is 2.75. The first-order chi connectivity index (χ1) is 12.1. The minimum Gasteiger partial charge on any atom is -0.338 e. The average Bonchev–Trinajstić information content (AvgIpc) is 3.06. The van der Waals surface area contributed by atoms with Crippen molar-refractivity contribution in [2.75, 3.05) is 11.9 Å². The third-order valence-electron chi connectivity index (χ3n) is 3.48. The number of nitrogens with zero attached hydrogens (tertiary/aromatic N) is 2. The van der Waals surface area contributed by atoms with Crippen LogP contribution >= 0.6 is 22.6 Å². The molecule has 130 valence electrons. The van der Waals surface area contributed by atoms with Crippen LogP contribution in [0.4, 0.5) is 15.9 Å². The van der Waals surface area contributed by atoms with Crippen LogP contribution in [0.1, 0.15) is 23.7 Å². The molecule has 0 fully saturated rings. The summed E-state index contributed by atoms with van der Waals surface area (Å²) < 4.78 is 16.7. The van der Waals surface area contributed by atoms with Crippen molar-refractivity contribution in [1.82, 2.24) is 14.9 Å². The summed E-state index contributed by atoms with van der Waals surface area (Å²) in [6.45, 7) is 2.35. The Morgan fingerprint density at radius 1 is 1.36 bits per heavy atom. The Morgan fingerprint density at radius 2 is 2.20 bits per heavy atom. The molecule has 3 aromatic rings.